The highest BCUT2D eigenvalue weighted by Crippen LogP contribution is 2.19. The SMILES string of the molecule is Nc1ncccc1C(=O)OCC(=O)Nc1ccc(Br)cc1F. The van der Waals surface area contributed by atoms with Crippen LogP contribution in [0.25, 0.3) is 0 Å². The molecule has 1 aromatic carbocycles. The number of pyridine rings is 1. The normalized spacial score (nSPS) is 10.1. The van der Waals surface area contributed by atoms with Crippen molar-refractivity contribution in [1.29, 1.82) is 0 Å². The summed E-state index contributed by atoms with van der Waals surface area (Å²) in [7, 11) is 0. The number of hydrogen-bond acceptors (Lipinski definition) is 5. The van der Waals surface area contributed by atoms with E-state index in [9.17, 15) is 14.0 Å². The number of nitrogen functional groups attached to an aromatic ring is 1. The maximum absolute atomic E-state index is 13.6. The van der Waals surface area contributed by atoms with Crippen molar-refractivity contribution in [2.24, 2.45) is 0 Å². The molecule has 0 fully saturated rings. The number of rotatable bonds is 4. The van der Waals surface area contributed by atoms with E-state index >= 15 is 0 Å². The van der Waals surface area contributed by atoms with Crippen molar-refractivity contribution in [1.82, 2.24) is 4.98 Å². The van der Waals surface area contributed by atoms with Crippen molar-refractivity contribution in [2.45, 2.75) is 0 Å². The summed E-state index contributed by atoms with van der Waals surface area (Å²) in [5.41, 5.74) is 5.57. The first-order valence-electron chi connectivity index (χ1n) is 6.10. The molecule has 1 amide bonds. The zero-order valence-corrected chi connectivity index (χ0v) is 12.8. The molecule has 1 aromatic heterocycles. The van der Waals surface area contributed by atoms with Gasteiger partial charge in [-0.05, 0) is 30.3 Å². The molecule has 0 aliphatic heterocycles. The quantitative estimate of drug-likeness (QED) is 0.808. The van der Waals surface area contributed by atoms with Gasteiger partial charge in [-0.2, -0.15) is 0 Å². The highest BCUT2D eigenvalue weighted by molar-refractivity contribution is 9.10. The fourth-order valence-electron chi connectivity index (χ4n) is 1.58. The van der Waals surface area contributed by atoms with Crippen molar-refractivity contribution in [2.75, 3.05) is 17.7 Å². The molecule has 0 bridgehead atoms. The third-order valence-corrected chi connectivity index (χ3v) is 3.09. The molecule has 0 atom stereocenters. The number of ether oxygens (including phenoxy) is 1. The highest BCUT2D eigenvalue weighted by atomic mass is 79.9. The molecule has 22 heavy (non-hydrogen) atoms. The zero-order valence-electron chi connectivity index (χ0n) is 11.2. The average Bonchev–Trinajstić information content (AvgIpc) is 2.48. The number of carbonyl (C=O) groups excluding carboxylic acids is 2. The third-order valence-electron chi connectivity index (χ3n) is 2.60. The van der Waals surface area contributed by atoms with E-state index in [0.29, 0.717) is 4.47 Å². The van der Waals surface area contributed by atoms with Crippen LogP contribution in [-0.2, 0) is 9.53 Å². The van der Waals surface area contributed by atoms with Gasteiger partial charge in [0, 0.05) is 10.7 Å². The van der Waals surface area contributed by atoms with Crippen LogP contribution in [0.5, 0.6) is 0 Å². The molecule has 0 saturated heterocycles. The van der Waals surface area contributed by atoms with Gasteiger partial charge in [0.25, 0.3) is 5.91 Å². The second-order valence-electron chi connectivity index (χ2n) is 4.18. The highest BCUT2D eigenvalue weighted by Gasteiger charge is 2.14. The van der Waals surface area contributed by atoms with Gasteiger partial charge in [-0.3, -0.25) is 4.79 Å². The van der Waals surface area contributed by atoms with Crippen LogP contribution in [0.4, 0.5) is 15.9 Å². The van der Waals surface area contributed by atoms with Crippen molar-refractivity contribution in [3.63, 3.8) is 0 Å². The number of halogens is 2. The van der Waals surface area contributed by atoms with Crippen LogP contribution in [0.15, 0.2) is 41.0 Å². The van der Waals surface area contributed by atoms with E-state index in [0.717, 1.165) is 0 Å². The van der Waals surface area contributed by atoms with E-state index in [1.54, 1.807) is 6.07 Å². The molecule has 2 aromatic rings. The van der Waals surface area contributed by atoms with Gasteiger partial charge < -0.3 is 15.8 Å². The molecule has 6 nitrogen and oxygen atoms in total. The van der Waals surface area contributed by atoms with Crippen LogP contribution < -0.4 is 11.1 Å². The van der Waals surface area contributed by atoms with Gasteiger partial charge in [-0.1, -0.05) is 15.9 Å². The Balaban J connectivity index is 1.93. The first-order chi connectivity index (χ1) is 10.5. The Bertz CT molecular complexity index is 724. The lowest BCUT2D eigenvalue weighted by molar-refractivity contribution is -0.119. The van der Waals surface area contributed by atoms with Gasteiger partial charge >= 0.3 is 5.97 Å². The summed E-state index contributed by atoms with van der Waals surface area (Å²) in [5.74, 6) is -2.05. The van der Waals surface area contributed by atoms with Crippen molar-refractivity contribution in [3.8, 4) is 0 Å². The van der Waals surface area contributed by atoms with Crippen LogP contribution in [0.1, 0.15) is 10.4 Å². The average molecular weight is 368 g/mol. The predicted octanol–water partition coefficient (Wildman–Crippen LogP) is 2.36. The lowest BCUT2D eigenvalue weighted by Gasteiger charge is -2.08. The van der Waals surface area contributed by atoms with E-state index in [-0.39, 0.29) is 17.1 Å². The van der Waals surface area contributed by atoms with Crippen LogP contribution in [0, 0.1) is 5.82 Å². The third kappa shape index (κ3) is 4.01. The van der Waals surface area contributed by atoms with Gasteiger partial charge in [-0.15, -0.1) is 0 Å². The van der Waals surface area contributed by atoms with Gasteiger partial charge in [-0.25, -0.2) is 14.2 Å². The molecule has 2 rings (SSSR count). The van der Waals surface area contributed by atoms with Gasteiger partial charge in [0.15, 0.2) is 6.61 Å². The summed E-state index contributed by atoms with van der Waals surface area (Å²) >= 11 is 3.11. The lowest BCUT2D eigenvalue weighted by Crippen LogP contribution is -2.22. The van der Waals surface area contributed by atoms with E-state index in [4.69, 9.17) is 10.5 Å². The number of esters is 1. The van der Waals surface area contributed by atoms with E-state index in [1.807, 2.05) is 0 Å². The van der Waals surface area contributed by atoms with Crippen LogP contribution in [0.2, 0.25) is 0 Å². The number of carbonyl (C=O) groups is 2. The first-order valence-corrected chi connectivity index (χ1v) is 6.89. The summed E-state index contributed by atoms with van der Waals surface area (Å²) in [5, 5.41) is 2.30. The molecular formula is C14H11BrFN3O3. The van der Waals surface area contributed by atoms with Crippen molar-refractivity contribution in [3.05, 3.63) is 52.4 Å². The fourth-order valence-corrected chi connectivity index (χ4v) is 1.91. The van der Waals surface area contributed by atoms with Gasteiger partial charge in [0.05, 0.1) is 5.69 Å². The molecule has 0 aliphatic carbocycles. The lowest BCUT2D eigenvalue weighted by atomic mass is 10.2. The summed E-state index contributed by atoms with van der Waals surface area (Å²) in [6, 6.07) is 7.11. The number of amides is 1. The van der Waals surface area contributed by atoms with Gasteiger partial charge in [0.1, 0.15) is 17.2 Å². The Morgan fingerprint density at radius 3 is 2.82 bits per heavy atom. The van der Waals surface area contributed by atoms with E-state index < -0.39 is 24.3 Å². The van der Waals surface area contributed by atoms with Crippen molar-refractivity contribution < 1.29 is 18.7 Å². The van der Waals surface area contributed by atoms with Crippen LogP contribution in [-0.4, -0.2) is 23.5 Å². The minimum atomic E-state index is -0.781. The molecular weight excluding hydrogens is 357 g/mol. The smallest absolute Gasteiger partial charge is 0.342 e. The zero-order chi connectivity index (χ0) is 16.1. The monoisotopic (exact) mass is 367 g/mol. The fraction of sp³-hybridized carbons (Fsp3) is 0.0714. The summed E-state index contributed by atoms with van der Waals surface area (Å²) in [6.45, 7) is -0.567. The predicted molar refractivity (Wildman–Crippen MR) is 81.7 cm³/mol. The number of benzene rings is 1. The standard InChI is InChI=1S/C14H11BrFN3O3/c15-8-3-4-11(10(16)6-8)19-12(20)7-22-14(21)9-2-1-5-18-13(9)17/h1-6H,7H2,(H2,17,18)(H,19,20). The second kappa shape index (κ2) is 6.99. The van der Waals surface area contributed by atoms with E-state index in [2.05, 4.69) is 26.2 Å². The Kier molecular flexibility index (Phi) is 5.05. The molecule has 8 heteroatoms. The molecule has 114 valence electrons. The Morgan fingerprint density at radius 2 is 2.14 bits per heavy atom. The van der Waals surface area contributed by atoms with Gasteiger partial charge in [0.2, 0.25) is 0 Å². The molecule has 1 heterocycles. The van der Waals surface area contributed by atoms with Crippen molar-refractivity contribution >= 4 is 39.3 Å². The minimum Gasteiger partial charge on any atom is -0.452 e. The Hall–Kier alpha value is -2.48. The number of anilines is 2. The molecule has 3 N–H and O–H groups in total. The molecule has 0 saturated carbocycles. The Morgan fingerprint density at radius 1 is 1.36 bits per heavy atom. The largest absolute Gasteiger partial charge is 0.452 e. The number of aromatic nitrogens is 1. The number of nitrogens with one attached hydrogen (secondary N) is 1. The first kappa shape index (κ1) is 15.9. The summed E-state index contributed by atoms with van der Waals surface area (Å²) < 4.78 is 18.9. The maximum atomic E-state index is 13.6. The minimum absolute atomic E-state index is 0.00635. The molecule has 0 unspecified atom stereocenters. The topological polar surface area (TPSA) is 94.3 Å². The molecule has 0 radical (unpaired) electrons. The van der Waals surface area contributed by atoms with Crippen LogP contribution in [0.3, 0.4) is 0 Å². The number of nitrogens with two attached hydrogens (primary N) is 1. The molecule has 0 spiro atoms. The Labute approximate surface area is 133 Å². The molecule has 0 aliphatic rings. The van der Waals surface area contributed by atoms with Crippen LogP contribution >= 0.6 is 15.9 Å². The summed E-state index contributed by atoms with van der Waals surface area (Å²) in [4.78, 5) is 27.1. The van der Waals surface area contributed by atoms with E-state index in [1.165, 1.54) is 30.5 Å². The number of nitrogens with zero attached hydrogens (tertiary/aromatic N) is 1. The summed E-state index contributed by atoms with van der Waals surface area (Å²) in [6.07, 6.45) is 1.43. The maximum Gasteiger partial charge on any atom is 0.342 e. The number of hydrogen-bond donors (Lipinski definition) is 2. The second-order valence-corrected chi connectivity index (χ2v) is 5.10.